The van der Waals surface area contributed by atoms with Crippen LogP contribution in [0.3, 0.4) is 0 Å². The van der Waals surface area contributed by atoms with Crippen molar-refractivity contribution in [1.82, 2.24) is 9.80 Å². The molecule has 166 valence electrons. The maximum absolute atomic E-state index is 2.81. The number of hydrogen-bond acceptors (Lipinski definition) is 2. The smallest absolute Gasteiger partial charge is 0.0262 e. The molecule has 2 unspecified atom stereocenters. The Bertz CT molecular complexity index is 512. The van der Waals surface area contributed by atoms with Gasteiger partial charge in [0.1, 0.15) is 0 Å². The van der Waals surface area contributed by atoms with Crippen molar-refractivity contribution < 1.29 is 0 Å². The molecule has 0 aromatic carbocycles. The molecule has 0 radical (unpaired) electrons. The summed E-state index contributed by atoms with van der Waals surface area (Å²) < 4.78 is 0. The van der Waals surface area contributed by atoms with Gasteiger partial charge in [0.25, 0.3) is 0 Å². The van der Waals surface area contributed by atoms with E-state index >= 15 is 0 Å². The maximum Gasteiger partial charge on any atom is 0.0262 e. The third-order valence-electron chi connectivity index (χ3n) is 8.77. The second kappa shape index (κ2) is 7.88. The lowest BCUT2D eigenvalue weighted by Gasteiger charge is -2.51. The van der Waals surface area contributed by atoms with Crippen LogP contribution >= 0.6 is 0 Å². The van der Waals surface area contributed by atoms with Gasteiger partial charge in [0.2, 0.25) is 0 Å². The van der Waals surface area contributed by atoms with Crippen molar-refractivity contribution >= 4 is 0 Å². The summed E-state index contributed by atoms with van der Waals surface area (Å²) in [4.78, 5) is 5.28. The van der Waals surface area contributed by atoms with Gasteiger partial charge in [0, 0.05) is 24.7 Å². The first-order valence-corrected chi connectivity index (χ1v) is 11.9. The van der Waals surface area contributed by atoms with E-state index in [0.29, 0.717) is 27.8 Å². The van der Waals surface area contributed by atoms with Crippen molar-refractivity contribution in [3.8, 4) is 0 Å². The molecule has 2 aliphatic rings. The average Bonchev–Trinajstić information content (AvgIpc) is 2.88. The minimum Gasteiger partial charge on any atom is -0.305 e. The third kappa shape index (κ3) is 5.34. The number of rotatable bonds is 6. The molecule has 0 aromatic heterocycles. The van der Waals surface area contributed by atoms with E-state index in [-0.39, 0.29) is 0 Å². The Balaban J connectivity index is 1.96. The zero-order valence-corrected chi connectivity index (χ0v) is 21.4. The molecule has 1 heterocycles. The highest BCUT2D eigenvalue weighted by atomic mass is 15.3. The molecule has 2 rings (SSSR count). The molecule has 1 aliphatic carbocycles. The normalized spacial score (nSPS) is 30.8. The molecular weight excluding hydrogens is 340 g/mol. The summed E-state index contributed by atoms with van der Waals surface area (Å²) in [7, 11) is 4.54. The first-order chi connectivity index (χ1) is 12.4. The van der Waals surface area contributed by atoms with Crippen LogP contribution < -0.4 is 0 Å². The highest BCUT2D eigenvalue weighted by Gasteiger charge is 2.47. The van der Waals surface area contributed by atoms with E-state index in [1.54, 1.807) is 0 Å². The summed E-state index contributed by atoms with van der Waals surface area (Å²) in [6.07, 6.45) is 5.55. The van der Waals surface area contributed by atoms with E-state index in [0.717, 1.165) is 17.8 Å². The van der Waals surface area contributed by atoms with Gasteiger partial charge in [-0.1, -0.05) is 55.4 Å². The lowest BCUT2D eigenvalue weighted by atomic mass is 9.55. The zero-order valence-electron chi connectivity index (χ0n) is 21.4. The molecule has 28 heavy (non-hydrogen) atoms. The molecular formula is C26H52N2. The summed E-state index contributed by atoms with van der Waals surface area (Å²) in [5, 5.41) is 0. The maximum atomic E-state index is 2.81. The highest BCUT2D eigenvalue weighted by Crippen LogP contribution is 2.54. The first-order valence-electron chi connectivity index (χ1n) is 11.9. The SMILES string of the molecule is CN(C)C1CN(C(C)(C)CCC(C)(C)C2CC(C(C)(C)C)C2)CC1C(C)(C)C. The molecule has 1 saturated heterocycles. The number of likely N-dealkylation sites (tertiary alicyclic amines) is 1. The van der Waals surface area contributed by atoms with Gasteiger partial charge in [-0.25, -0.2) is 0 Å². The third-order valence-corrected chi connectivity index (χ3v) is 8.77. The number of likely N-dealkylation sites (N-methyl/N-ethyl adjacent to an activating group) is 1. The largest absolute Gasteiger partial charge is 0.305 e. The Hall–Kier alpha value is -0.0800. The summed E-state index contributed by atoms with van der Waals surface area (Å²) in [5.74, 6) is 2.59. The Morgan fingerprint density at radius 2 is 1.25 bits per heavy atom. The first kappa shape index (κ1) is 24.2. The van der Waals surface area contributed by atoms with Gasteiger partial charge in [-0.3, -0.25) is 4.90 Å². The predicted octanol–water partition coefficient (Wildman–Crippen LogP) is 6.55. The van der Waals surface area contributed by atoms with E-state index in [9.17, 15) is 0 Å². The van der Waals surface area contributed by atoms with E-state index in [1.165, 1.54) is 38.8 Å². The van der Waals surface area contributed by atoms with Crippen LogP contribution in [0.1, 0.15) is 94.9 Å². The molecule has 0 aromatic rings. The molecule has 2 heteroatoms. The quantitative estimate of drug-likeness (QED) is 0.505. The molecule has 0 amide bonds. The van der Waals surface area contributed by atoms with Crippen LogP contribution in [0.4, 0.5) is 0 Å². The fraction of sp³-hybridized carbons (Fsp3) is 1.00. The molecule has 0 N–H and O–H groups in total. The van der Waals surface area contributed by atoms with Crippen molar-refractivity contribution in [1.29, 1.82) is 0 Å². The van der Waals surface area contributed by atoms with Crippen LogP contribution in [-0.2, 0) is 0 Å². The van der Waals surface area contributed by atoms with Crippen molar-refractivity contribution in [3.05, 3.63) is 0 Å². The van der Waals surface area contributed by atoms with Gasteiger partial charge in [0.15, 0.2) is 0 Å². The minimum atomic E-state index is 0.290. The van der Waals surface area contributed by atoms with Crippen molar-refractivity contribution in [2.75, 3.05) is 27.2 Å². The Morgan fingerprint density at radius 1 is 0.714 bits per heavy atom. The summed E-state index contributed by atoms with van der Waals surface area (Å²) in [5.41, 5.74) is 1.62. The topological polar surface area (TPSA) is 6.48 Å². The lowest BCUT2D eigenvalue weighted by Crippen LogP contribution is -2.46. The van der Waals surface area contributed by atoms with Gasteiger partial charge in [-0.05, 0) is 87.6 Å². The van der Waals surface area contributed by atoms with Gasteiger partial charge >= 0.3 is 0 Å². The molecule has 2 fully saturated rings. The number of hydrogen-bond donors (Lipinski definition) is 0. The second-order valence-electron chi connectivity index (χ2n) is 13.9. The second-order valence-corrected chi connectivity index (χ2v) is 13.9. The van der Waals surface area contributed by atoms with Gasteiger partial charge in [0.05, 0.1) is 0 Å². The summed E-state index contributed by atoms with van der Waals surface area (Å²) >= 11 is 0. The van der Waals surface area contributed by atoms with E-state index < -0.39 is 0 Å². The van der Waals surface area contributed by atoms with Crippen LogP contribution in [0.15, 0.2) is 0 Å². The van der Waals surface area contributed by atoms with Gasteiger partial charge in [-0.15, -0.1) is 0 Å². The van der Waals surface area contributed by atoms with Crippen molar-refractivity contribution in [3.63, 3.8) is 0 Å². The van der Waals surface area contributed by atoms with E-state index in [4.69, 9.17) is 0 Å². The molecule has 2 nitrogen and oxygen atoms in total. The van der Waals surface area contributed by atoms with Gasteiger partial charge in [-0.2, -0.15) is 0 Å². The van der Waals surface area contributed by atoms with Crippen LogP contribution in [0.5, 0.6) is 0 Å². The van der Waals surface area contributed by atoms with Gasteiger partial charge < -0.3 is 4.90 Å². The lowest BCUT2D eigenvalue weighted by molar-refractivity contribution is -0.0101. The van der Waals surface area contributed by atoms with E-state index in [2.05, 4.69) is 93.1 Å². The van der Waals surface area contributed by atoms with E-state index in [1.807, 2.05) is 0 Å². The Labute approximate surface area is 177 Å². The average molecular weight is 393 g/mol. The molecule has 0 spiro atoms. The fourth-order valence-electron chi connectivity index (χ4n) is 5.61. The van der Waals surface area contributed by atoms with Crippen LogP contribution in [0, 0.1) is 34.0 Å². The standard InChI is InChI=1S/C26H52N2/c1-23(2,3)19-15-20(16-19)25(7,8)13-14-26(9,10)28-17-21(24(4,5)6)22(18-28)27(11)12/h19-22H,13-18H2,1-12H3. The van der Waals surface area contributed by atoms with Crippen molar-refractivity contribution in [2.24, 2.45) is 34.0 Å². The fourth-order valence-corrected chi connectivity index (χ4v) is 5.61. The van der Waals surface area contributed by atoms with Crippen LogP contribution in [0.2, 0.25) is 0 Å². The molecule has 0 bridgehead atoms. The van der Waals surface area contributed by atoms with Crippen molar-refractivity contribution in [2.45, 2.75) is 107 Å². The summed E-state index contributed by atoms with van der Waals surface area (Å²) in [6.45, 7) is 27.1. The Kier molecular flexibility index (Phi) is 6.80. The monoisotopic (exact) mass is 392 g/mol. The molecule has 2 atom stereocenters. The summed E-state index contributed by atoms with van der Waals surface area (Å²) in [6, 6.07) is 0.673. The number of nitrogens with zero attached hydrogens (tertiary/aromatic N) is 2. The van der Waals surface area contributed by atoms with Crippen LogP contribution in [0.25, 0.3) is 0 Å². The van der Waals surface area contributed by atoms with Crippen LogP contribution in [-0.4, -0.2) is 48.6 Å². The minimum absolute atomic E-state index is 0.290. The molecule has 1 saturated carbocycles. The highest BCUT2D eigenvalue weighted by molar-refractivity contribution is 5.00. The zero-order chi connectivity index (χ0) is 21.7. The predicted molar refractivity (Wildman–Crippen MR) is 125 cm³/mol. The molecule has 1 aliphatic heterocycles. The Morgan fingerprint density at radius 3 is 1.64 bits per heavy atom.